The molecule has 0 aliphatic heterocycles. The Kier molecular flexibility index (Phi) is 4.17. The van der Waals surface area contributed by atoms with Gasteiger partial charge in [-0.3, -0.25) is 4.72 Å². The molecule has 106 valence electrons. The summed E-state index contributed by atoms with van der Waals surface area (Å²) in [5.41, 5.74) is 0.0562. The van der Waals surface area contributed by atoms with Crippen molar-refractivity contribution in [1.29, 1.82) is 0 Å². The Morgan fingerprint density at radius 3 is 2.10 bits per heavy atom. The molecule has 0 saturated heterocycles. The van der Waals surface area contributed by atoms with Crippen LogP contribution in [-0.4, -0.2) is 8.42 Å². The minimum absolute atomic E-state index is 0.0562. The number of hydrogen-bond donors (Lipinski definition) is 1. The molecule has 2 aromatic rings. The highest BCUT2D eigenvalue weighted by Gasteiger charge is 2.18. The van der Waals surface area contributed by atoms with Crippen molar-refractivity contribution < 1.29 is 17.2 Å². The number of hydrogen-bond acceptors (Lipinski definition) is 2. The summed E-state index contributed by atoms with van der Waals surface area (Å²) in [4.78, 5) is -0.541. The van der Waals surface area contributed by atoms with Crippen LogP contribution in [0.4, 0.5) is 14.5 Å². The van der Waals surface area contributed by atoms with Gasteiger partial charge in [-0.15, -0.1) is 0 Å². The summed E-state index contributed by atoms with van der Waals surface area (Å²) in [6.07, 6.45) is 0. The maximum absolute atomic E-state index is 13.1. The Balaban J connectivity index is 2.40. The predicted molar refractivity (Wildman–Crippen MR) is 73.6 cm³/mol. The molecule has 0 amide bonds. The Morgan fingerprint density at radius 2 is 1.55 bits per heavy atom. The number of anilines is 1. The Labute approximate surface area is 124 Å². The molecule has 2 aromatic carbocycles. The number of benzene rings is 2. The van der Waals surface area contributed by atoms with Gasteiger partial charge in [-0.25, -0.2) is 17.2 Å². The van der Waals surface area contributed by atoms with Crippen LogP contribution < -0.4 is 4.72 Å². The molecule has 0 spiro atoms. The van der Waals surface area contributed by atoms with Crippen LogP contribution in [0.25, 0.3) is 0 Å². The lowest BCUT2D eigenvalue weighted by atomic mass is 10.3. The van der Waals surface area contributed by atoms with E-state index in [0.29, 0.717) is 23.2 Å². The molecule has 0 atom stereocenters. The van der Waals surface area contributed by atoms with E-state index in [2.05, 4.69) is 4.72 Å². The zero-order valence-corrected chi connectivity index (χ0v) is 12.0. The van der Waals surface area contributed by atoms with Gasteiger partial charge in [0.2, 0.25) is 0 Å². The number of nitrogens with one attached hydrogen (secondary N) is 1. The largest absolute Gasteiger partial charge is 0.278 e. The second-order valence-electron chi connectivity index (χ2n) is 3.83. The molecule has 0 fully saturated rings. The van der Waals surface area contributed by atoms with Crippen LogP contribution in [0.1, 0.15) is 0 Å². The smallest absolute Gasteiger partial charge is 0.262 e. The highest BCUT2D eigenvalue weighted by Crippen LogP contribution is 2.27. The van der Waals surface area contributed by atoms with Crippen LogP contribution in [-0.2, 0) is 10.0 Å². The number of sulfonamides is 1. The summed E-state index contributed by atoms with van der Waals surface area (Å²) < 4.78 is 52.3. The van der Waals surface area contributed by atoms with Gasteiger partial charge in [-0.05, 0) is 30.3 Å². The maximum atomic E-state index is 13.1. The molecule has 0 unspecified atom stereocenters. The van der Waals surface area contributed by atoms with Crippen LogP contribution in [0, 0.1) is 11.6 Å². The van der Waals surface area contributed by atoms with E-state index >= 15 is 0 Å². The summed E-state index contributed by atoms with van der Waals surface area (Å²) in [6, 6.07) is 6.10. The molecule has 0 saturated carbocycles. The van der Waals surface area contributed by atoms with E-state index < -0.39 is 26.6 Å². The van der Waals surface area contributed by atoms with Gasteiger partial charge in [0.15, 0.2) is 0 Å². The fourth-order valence-electron chi connectivity index (χ4n) is 1.46. The van der Waals surface area contributed by atoms with Crippen molar-refractivity contribution in [3.63, 3.8) is 0 Å². The van der Waals surface area contributed by atoms with Crippen molar-refractivity contribution in [2.75, 3.05) is 4.72 Å². The van der Waals surface area contributed by atoms with Gasteiger partial charge in [-0.1, -0.05) is 23.2 Å². The SMILES string of the molecule is O=S(=O)(Nc1ccc(Cl)cc1Cl)c1cc(F)cc(F)c1. The van der Waals surface area contributed by atoms with Crippen molar-refractivity contribution in [3.8, 4) is 0 Å². The molecular formula is C12H7Cl2F2NO2S. The lowest BCUT2D eigenvalue weighted by Gasteiger charge is -2.10. The minimum Gasteiger partial charge on any atom is -0.278 e. The van der Waals surface area contributed by atoms with Crippen LogP contribution in [0.3, 0.4) is 0 Å². The molecule has 20 heavy (non-hydrogen) atoms. The minimum atomic E-state index is -4.15. The highest BCUT2D eigenvalue weighted by molar-refractivity contribution is 7.92. The van der Waals surface area contributed by atoms with Crippen molar-refractivity contribution >= 4 is 38.9 Å². The first-order valence-corrected chi connectivity index (χ1v) is 7.46. The molecule has 0 aliphatic rings. The van der Waals surface area contributed by atoms with E-state index in [1.54, 1.807) is 0 Å². The molecule has 2 rings (SSSR count). The predicted octanol–water partition coefficient (Wildman–Crippen LogP) is 4.07. The lowest BCUT2D eigenvalue weighted by Crippen LogP contribution is -2.13. The summed E-state index contributed by atoms with van der Waals surface area (Å²) in [5.74, 6) is -1.99. The third kappa shape index (κ3) is 3.39. The average molecular weight is 338 g/mol. The molecule has 1 N–H and O–H groups in total. The third-order valence-corrected chi connectivity index (χ3v) is 4.21. The maximum Gasteiger partial charge on any atom is 0.262 e. The van der Waals surface area contributed by atoms with Gasteiger partial charge in [0.1, 0.15) is 11.6 Å². The number of halogens is 4. The summed E-state index contributed by atoms with van der Waals surface area (Å²) in [6.45, 7) is 0. The van der Waals surface area contributed by atoms with Crippen molar-refractivity contribution in [2.45, 2.75) is 4.90 Å². The molecule has 0 heterocycles. The Morgan fingerprint density at radius 1 is 0.950 bits per heavy atom. The van der Waals surface area contributed by atoms with Gasteiger partial charge in [0.05, 0.1) is 15.6 Å². The van der Waals surface area contributed by atoms with Crippen LogP contribution >= 0.6 is 23.2 Å². The summed E-state index contributed by atoms with van der Waals surface area (Å²) in [7, 11) is -4.15. The van der Waals surface area contributed by atoms with Gasteiger partial charge in [0, 0.05) is 11.1 Å². The monoisotopic (exact) mass is 337 g/mol. The molecular weight excluding hydrogens is 331 g/mol. The summed E-state index contributed by atoms with van der Waals surface area (Å²) in [5, 5.41) is 0.396. The number of rotatable bonds is 3. The Hall–Kier alpha value is -1.37. The zero-order chi connectivity index (χ0) is 14.9. The van der Waals surface area contributed by atoms with Crippen molar-refractivity contribution in [3.05, 3.63) is 58.1 Å². The topological polar surface area (TPSA) is 46.2 Å². The first kappa shape index (κ1) is 15.0. The average Bonchev–Trinajstić information content (AvgIpc) is 2.31. The fraction of sp³-hybridized carbons (Fsp3) is 0. The molecule has 0 radical (unpaired) electrons. The van der Waals surface area contributed by atoms with Gasteiger partial charge >= 0.3 is 0 Å². The first-order valence-electron chi connectivity index (χ1n) is 5.22. The van der Waals surface area contributed by atoms with Crippen LogP contribution in [0.5, 0.6) is 0 Å². The summed E-state index contributed by atoms with van der Waals surface area (Å²) >= 11 is 11.5. The second-order valence-corrected chi connectivity index (χ2v) is 6.36. The first-order chi connectivity index (χ1) is 9.28. The van der Waals surface area contributed by atoms with Crippen LogP contribution in [0.15, 0.2) is 41.3 Å². The molecule has 8 heteroatoms. The molecule has 3 nitrogen and oxygen atoms in total. The van der Waals surface area contributed by atoms with Gasteiger partial charge in [-0.2, -0.15) is 0 Å². The van der Waals surface area contributed by atoms with Crippen LogP contribution in [0.2, 0.25) is 10.0 Å². The standard InChI is InChI=1S/C12H7Cl2F2NO2S/c13-7-1-2-12(11(14)3-7)17-20(18,19)10-5-8(15)4-9(16)6-10/h1-6,17H. The highest BCUT2D eigenvalue weighted by atomic mass is 35.5. The normalized spacial score (nSPS) is 11.4. The fourth-order valence-corrected chi connectivity index (χ4v) is 3.09. The quantitative estimate of drug-likeness (QED) is 0.917. The van der Waals surface area contributed by atoms with E-state index in [1.165, 1.54) is 18.2 Å². The van der Waals surface area contributed by atoms with Crippen molar-refractivity contribution in [1.82, 2.24) is 0 Å². The van der Waals surface area contributed by atoms with E-state index in [-0.39, 0.29) is 10.7 Å². The molecule has 0 bridgehead atoms. The van der Waals surface area contributed by atoms with E-state index in [9.17, 15) is 17.2 Å². The second kappa shape index (κ2) is 5.55. The Bertz CT molecular complexity index is 746. The van der Waals surface area contributed by atoms with Gasteiger partial charge in [0.25, 0.3) is 10.0 Å². The van der Waals surface area contributed by atoms with E-state index in [0.717, 1.165) is 0 Å². The lowest BCUT2D eigenvalue weighted by molar-refractivity contribution is 0.568. The third-order valence-electron chi connectivity index (χ3n) is 2.32. The van der Waals surface area contributed by atoms with Crippen molar-refractivity contribution in [2.24, 2.45) is 0 Å². The van der Waals surface area contributed by atoms with E-state index in [1.807, 2.05) is 0 Å². The van der Waals surface area contributed by atoms with E-state index in [4.69, 9.17) is 23.2 Å². The van der Waals surface area contributed by atoms with Gasteiger partial charge < -0.3 is 0 Å². The molecule has 0 aromatic heterocycles. The molecule has 0 aliphatic carbocycles. The zero-order valence-electron chi connectivity index (χ0n) is 9.70.